The van der Waals surface area contributed by atoms with Crippen LogP contribution < -0.4 is 21.3 Å². The smallest absolute Gasteiger partial charge is 0.305 e. The average Bonchev–Trinajstić information content (AvgIpc) is 2.85. The molecule has 10 nitrogen and oxygen atoms in total. The molecule has 5 N–H and O–H groups in total. The van der Waals surface area contributed by atoms with Gasteiger partial charge in [0.2, 0.25) is 24.1 Å². The maximum Gasteiger partial charge on any atom is 0.305 e. The van der Waals surface area contributed by atoms with E-state index < -0.39 is 36.2 Å². The van der Waals surface area contributed by atoms with Crippen LogP contribution in [0.15, 0.2) is 54.6 Å². The second-order valence-corrected chi connectivity index (χ2v) is 8.10. The van der Waals surface area contributed by atoms with E-state index in [1.54, 1.807) is 24.3 Å². The summed E-state index contributed by atoms with van der Waals surface area (Å²) in [6, 6.07) is 15.8. The van der Waals surface area contributed by atoms with Crippen molar-refractivity contribution < 1.29 is 29.1 Å². The fraction of sp³-hybridized carbons (Fsp3) is 0.320. The number of carboxylic acid groups (broad SMARTS) is 1. The zero-order valence-electron chi connectivity index (χ0n) is 20.0. The summed E-state index contributed by atoms with van der Waals surface area (Å²) in [7, 11) is 0. The molecule has 1 atom stereocenters. The van der Waals surface area contributed by atoms with E-state index in [1.165, 1.54) is 5.56 Å². The predicted octanol–water partition coefficient (Wildman–Crippen LogP) is 0.592. The summed E-state index contributed by atoms with van der Waals surface area (Å²) in [5.41, 5.74) is 2.82. The minimum atomic E-state index is -1.31. The van der Waals surface area contributed by atoms with E-state index in [-0.39, 0.29) is 13.0 Å². The zero-order valence-corrected chi connectivity index (χ0v) is 20.9. The van der Waals surface area contributed by atoms with E-state index in [9.17, 15) is 24.0 Å². The number of carbonyl (C=O) groups excluding carboxylic acids is 4. The Morgan fingerprint density at radius 3 is 2.11 bits per heavy atom. The number of hydrogen-bond donors (Lipinski definition) is 6. The Balaban J connectivity index is 0.000000789. The zero-order chi connectivity index (χ0) is 26.8. The van der Waals surface area contributed by atoms with E-state index in [0.29, 0.717) is 30.8 Å². The van der Waals surface area contributed by atoms with Crippen LogP contribution in [0.1, 0.15) is 23.1 Å². The van der Waals surface area contributed by atoms with Crippen molar-refractivity contribution in [3.05, 3.63) is 71.3 Å². The first-order valence-electron chi connectivity index (χ1n) is 11.2. The van der Waals surface area contributed by atoms with E-state index in [1.807, 2.05) is 18.2 Å². The number of rotatable bonds is 13. The Hall–Kier alpha value is -3.86. The van der Waals surface area contributed by atoms with Crippen molar-refractivity contribution in [2.75, 3.05) is 18.8 Å². The molecule has 2 aromatic rings. The third-order valence-corrected chi connectivity index (χ3v) is 4.83. The van der Waals surface area contributed by atoms with Crippen LogP contribution in [0, 0.1) is 6.92 Å². The van der Waals surface area contributed by atoms with Crippen molar-refractivity contribution in [1.29, 1.82) is 0 Å². The summed E-state index contributed by atoms with van der Waals surface area (Å²) in [5.74, 6) is -2.58. The van der Waals surface area contributed by atoms with E-state index in [4.69, 9.17) is 5.11 Å². The summed E-state index contributed by atoms with van der Waals surface area (Å²) in [6.45, 7) is 2.43. The van der Waals surface area contributed by atoms with Crippen molar-refractivity contribution in [2.24, 2.45) is 0 Å². The summed E-state index contributed by atoms with van der Waals surface area (Å²) >= 11 is 3.94. The quantitative estimate of drug-likeness (QED) is 0.169. The second kappa shape index (κ2) is 17.6. The summed E-state index contributed by atoms with van der Waals surface area (Å²) < 4.78 is 0. The minimum Gasteiger partial charge on any atom is -0.481 e. The van der Waals surface area contributed by atoms with Gasteiger partial charge in [0.25, 0.3) is 0 Å². The van der Waals surface area contributed by atoms with Gasteiger partial charge in [0.1, 0.15) is 6.04 Å². The molecule has 0 heterocycles. The maximum atomic E-state index is 12.2. The number of carbonyl (C=O) groups is 5. The highest BCUT2D eigenvalue weighted by Crippen LogP contribution is 2.06. The van der Waals surface area contributed by atoms with E-state index in [2.05, 4.69) is 53.0 Å². The topological polar surface area (TPSA) is 154 Å². The molecule has 0 aliphatic heterocycles. The van der Waals surface area contributed by atoms with Crippen LogP contribution in [0.4, 0.5) is 0 Å². The molecular weight excluding hydrogens is 484 g/mol. The van der Waals surface area contributed by atoms with Gasteiger partial charge in [-0.25, -0.2) is 0 Å². The molecule has 0 saturated carbocycles. The lowest BCUT2D eigenvalue weighted by Gasteiger charge is -2.17. The van der Waals surface area contributed by atoms with Crippen molar-refractivity contribution in [1.82, 2.24) is 21.3 Å². The molecule has 0 saturated heterocycles. The fourth-order valence-corrected chi connectivity index (χ4v) is 2.94. The first-order valence-corrected chi connectivity index (χ1v) is 11.8. The van der Waals surface area contributed by atoms with Crippen LogP contribution in [0.5, 0.6) is 0 Å². The summed E-state index contributed by atoms with van der Waals surface area (Å²) in [4.78, 5) is 57.2. The lowest BCUT2D eigenvalue weighted by Crippen LogP contribution is -2.50. The van der Waals surface area contributed by atoms with Gasteiger partial charge in [-0.15, -0.1) is 0 Å². The lowest BCUT2D eigenvalue weighted by atomic mass is 10.1. The molecule has 194 valence electrons. The molecule has 1 unspecified atom stereocenters. The number of aryl methyl sites for hydroxylation is 1. The number of thiol groups is 1. The highest BCUT2D eigenvalue weighted by molar-refractivity contribution is 7.80. The van der Waals surface area contributed by atoms with Crippen LogP contribution in [-0.2, 0) is 36.9 Å². The molecule has 0 fully saturated rings. The van der Waals surface area contributed by atoms with Gasteiger partial charge in [-0.05, 0) is 18.1 Å². The van der Waals surface area contributed by atoms with Crippen LogP contribution in [0.2, 0.25) is 0 Å². The summed E-state index contributed by atoms with van der Waals surface area (Å²) in [5, 5.41) is 18.7. The van der Waals surface area contributed by atoms with Crippen LogP contribution in [0.25, 0.3) is 0 Å². The Kier molecular flexibility index (Phi) is 14.7. The van der Waals surface area contributed by atoms with E-state index in [0.717, 1.165) is 5.56 Å². The summed E-state index contributed by atoms with van der Waals surface area (Å²) in [6.07, 6.45) is -0.0988. The average molecular weight is 517 g/mol. The van der Waals surface area contributed by atoms with Gasteiger partial charge in [0.15, 0.2) is 0 Å². The lowest BCUT2D eigenvalue weighted by molar-refractivity contribution is -0.140. The molecule has 0 aromatic heterocycles. The molecular formula is C25H32N4O6S. The predicted molar refractivity (Wildman–Crippen MR) is 138 cm³/mol. The SMILES string of the molecule is Cc1ccccc1.O=CNCc1ccc(CC(=O)NC(CC(=O)O)C(=O)NCC(=O)NCCS)cc1. The standard InChI is InChI=1S/C18H24N4O6S.C7H8/c23-11-19-9-13-3-1-12(2-4-13)7-15(24)22-14(8-17(26)27)18(28)21-10-16(25)20-5-6-29;1-7-5-3-2-4-6-7/h1-4,11,14,29H,5-10H2,(H,19,23)(H,20,25)(H,21,28)(H,22,24)(H,26,27);2-6H,1H3. The normalized spacial score (nSPS) is 10.6. The molecule has 0 radical (unpaired) electrons. The Labute approximate surface area is 215 Å². The number of aliphatic carboxylic acids is 1. The molecule has 2 aromatic carbocycles. The number of amides is 4. The number of nitrogens with one attached hydrogen (secondary N) is 4. The highest BCUT2D eigenvalue weighted by atomic mass is 32.1. The van der Waals surface area contributed by atoms with Crippen molar-refractivity contribution in [2.45, 2.75) is 32.4 Å². The number of hydrogen-bond acceptors (Lipinski definition) is 6. The van der Waals surface area contributed by atoms with Crippen LogP contribution in [-0.4, -0.2) is 60.1 Å². The van der Waals surface area contributed by atoms with Gasteiger partial charge < -0.3 is 26.4 Å². The van der Waals surface area contributed by atoms with Gasteiger partial charge in [-0.3, -0.25) is 24.0 Å². The molecule has 0 aliphatic rings. The molecule has 36 heavy (non-hydrogen) atoms. The van der Waals surface area contributed by atoms with Gasteiger partial charge >= 0.3 is 5.97 Å². The minimum absolute atomic E-state index is 0.0623. The first-order chi connectivity index (χ1) is 17.2. The Morgan fingerprint density at radius 2 is 1.58 bits per heavy atom. The van der Waals surface area contributed by atoms with Crippen molar-refractivity contribution in [3.8, 4) is 0 Å². The highest BCUT2D eigenvalue weighted by Gasteiger charge is 2.24. The third-order valence-electron chi connectivity index (χ3n) is 4.61. The van der Waals surface area contributed by atoms with Gasteiger partial charge in [0.05, 0.1) is 19.4 Å². The van der Waals surface area contributed by atoms with Crippen molar-refractivity contribution in [3.63, 3.8) is 0 Å². The molecule has 0 aliphatic carbocycles. The second-order valence-electron chi connectivity index (χ2n) is 7.66. The van der Waals surface area contributed by atoms with Crippen molar-refractivity contribution >= 4 is 42.7 Å². The third kappa shape index (κ3) is 13.8. The number of carboxylic acids is 1. The first kappa shape index (κ1) is 30.2. The van der Waals surface area contributed by atoms with Gasteiger partial charge in [0, 0.05) is 18.8 Å². The van der Waals surface area contributed by atoms with Crippen LogP contribution >= 0.6 is 12.6 Å². The monoisotopic (exact) mass is 516 g/mol. The largest absolute Gasteiger partial charge is 0.481 e. The molecule has 2 rings (SSSR count). The Bertz CT molecular complexity index is 986. The molecule has 0 bridgehead atoms. The van der Waals surface area contributed by atoms with Crippen LogP contribution in [0.3, 0.4) is 0 Å². The molecule has 4 amide bonds. The maximum absolute atomic E-state index is 12.2. The Morgan fingerprint density at radius 1 is 0.944 bits per heavy atom. The van der Waals surface area contributed by atoms with Gasteiger partial charge in [-0.2, -0.15) is 12.6 Å². The molecule has 0 spiro atoms. The number of benzene rings is 2. The fourth-order valence-electron chi connectivity index (χ4n) is 2.83. The van der Waals surface area contributed by atoms with Gasteiger partial charge in [-0.1, -0.05) is 60.2 Å². The molecule has 11 heteroatoms. The van der Waals surface area contributed by atoms with E-state index >= 15 is 0 Å².